The summed E-state index contributed by atoms with van der Waals surface area (Å²) in [4.78, 5) is 17.1. The molecule has 3 aromatic carbocycles. The number of amides is 1. The van der Waals surface area contributed by atoms with Crippen LogP contribution >= 0.6 is 0 Å². The van der Waals surface area contributed by atoms with Crippen molar-refractivity contribution in [2.75, 3.05) is 7.05 Å². The quantitative estimate of drug-likeness (QED) is 0.490. The lowest BCUT2D eigenvalue weighted by Gasteiger charge is -2.33. The van der Waals surface area contributed by atoms with E-state index in [4.69, 9.17) is 0 Å². The van der Waals surface area contributed by atoms with Gasteiger partial charge in [-0.3, -0.25) is 9.69 Å². The van der Waals surface area contributed by atoms with Crippen molar-refractivity contribution in [2.45, 2.75) is 51.5 Å². The first kappa shape index (κ1) is 23.7. The third-order valence-electron chi connectivity index (χ3n) is 6.15. The van der Waals surface area contributed by atoms with Crippen LogP contribution in [0.1, 0.15) is 43.1 Å². The summed E-state index contributed by atoms with van der Waals surface area (Å²) < 4.78 is 0. The van der Waals surface area contributed by atoms with Crippen LogP contribution in [0.3, 0.4) is 0 Å². The zero-order valence-corrected chi connectivity index (χ0v) is 19.3. The number of carbonyl (C=O) groups is 1. The second-order valence-electron chi connectivity index (χ2n) is 8.53. The van der Waals surface area contributed by atoms with E-state index in [1.807, 2.05) is 73.7 Å². The van der Waals surface area contributed by atoms with Gasteiger partial charge in [0.15, 0.2) is 0 Å². The van der Waals surface area contributed by atoms with E-state index in [1.54, 1.807) is 11.9 Å². The van der Waals surface area contributed by atoms with Gasteiger partial charge in [-0.05, 0) is 30.5 Å². The van der Waals surface area contributed by atoms with E-state index in [1.165, 1.54) is 11.1 Å². The Morgan fingerprint density at radius 2 is 1.22 bits per heavy atom. The highest BCUT2D eigenvalue weighted by Gasteiger charge is 2.26. The molecule has 0 bridgehead atoms. The molecule has 0 spiro atoms. The van der Waals surface area contributed by atoms with Crippen LogP contribution in [0.4, 0.5) is 0 Å². The minimum absolute atomic E-state index is 0.0334. The van der Waals surface area contributed by atoms with Crippen molar-refractivity contribution in [3.05, 3.63) is 108 Å². The Hall–Kier alpha value is -2.95. The average Bonchev–Trinajstić information content (AvgIpc) is 2.84. The lowest BCUT2D eigenvalue weighted by molar-refractivity contribution is -0.135. The van der Waals surface area contributed by atoms with Crippen LogP contribution in [-0.4, -0.2) is 39.9 Å². The molecule has 0 saturated heterocycles. The molecular formula is C28H34N2O2. The van der Waals surface area contributed by atoms with Crippen molar-refractivity contribution in [3.8, 4) is 0 Å². The molecule has 3 atom stereocenters. The third kappa shape index (κ3) is 6.52. The van der Waals surface area contributed by atoms with Crippen molar-refractivity contribution < 1.29 is 9.90 Å². The Morgan fingerprint density at radius 1 is 0.781 bits per heavy atom. The van der Waals surface area contributed by atoms with E-state index in [0.717, 1.165) is 18.7 Å². The summed E-state index contributed by atoms with van der Waals surface area (Å²) in [6.07, 6.45) is -0.327. The summed E-state index contributed by atoms with van der Waals surface area (Å²) in [5, 5.41) is 10.7. The van der Waals surface area contributed by atoms with Crippen molar-refractivity contribution >= 4 is 5.91 Å². The molecule has 0 saturated carbocycles. The Balaban J connectivity index is 1.68. The topological polar surface area (TPSA) is 43.8 Å². The SMILES string of the molecule is CC(CC(=O)N(C)[C@@H](C)[C@@H](O)c1ccccc1)N(Cc1ccccc1)Cc1ccccc1. The second-order valence-corrected chi connectivity index (χ2v) is 8.53. The smallest absolute Gasteiger partial charge is 0.224 e. The van der Waals surface area contributed by atoms with Crippen molar-refractivity contribution in [1.29, 1.82) is 0 Å². The van der Waals surface area contributed by atoms with Crippen LogP contribution in [0.2, 0.25) is 0 Å². The Kier molecular flexibility index (Phi) is 8.60. The van der Waals surface area contributed by atoms with E-state index < -0.39 is 6.10 Å². The summed E-state index contributed by atoms with van der Waals surface area (Å²) in [6, 6.07) is 30.0. The van der Waals surface area contributed by atoms with Gasteiger partial charge in [-0.2, -0.15) is 0 Å². The molecule has 0 aliphatic rings. The standard InChI is InChI=1S/C28H34N2O2/c1-22(19-27(31)29(3)23(2)28(32)26-17-11-6-12-18-26)30(20-24-13-7-4-8-14-24)21-25-15-9-5-10-16-25/h4-18,22-23,28,32H,19-21H2,1-3H3/t22?,23-,28+/m0/s1. The average molecular weight is 431 g/mol. The van der Waals surface area contributed by atoms with E-state index in [2.05, 4.69) is 36.1 Å². The van der Waals surface area contributed by atoms with Gasteiger partial charge >= 0.3 is 0 Å². The Labute approximate surface area is 192 Å². The highest BCUT2D eigenvalue weighted by atomic mass is 16.3. The van der Waals surface area contributed by atoms with Crippen LogP contribution < -0.4 is 0 Å². The van der Waals surface area contributed by atoms with E-state index >= 15 is 0 Å². The van der Waals surface area contributed by atoms with Gasteiger partial charge in [0.05, 0.1) is 12.1 Å². The fourth-order valence-electron chi connectivity index (χ4n) is 3.90. The lowest BCUT2D eigenvalue weighted by Crippen LogP contribution is -2.42. The summed E-state index contributed by atoms with van der Waals surface area (Å²) in [5.41, 5.74) is 3.27. The fraction of sp³-hybridized carbons (Fsp3) is 0.321. The van der Waals surface area contributed by atoms with Crippen molar-refractivity contribution in [3.63, 3.8) is 0 Å². The second kappa shape index (κ2) is 11.6. The van der Waals surface area contributed by atoms with Crippen LogP contribution in [0.15, 0.2) is 91.0 Å². The summed E-state index contributed by atoms with van der Waals surface area (Å²) in [6.45, 7) is 5.55. The summed E-state index contributed by atoms with van der Waals surface area (Å²) in [5.74, 6) is 0.0334. The molecule has 32 heavy (non-hydrogen) atoms. The van der Waals surface area contributed by atoms with Crippen LogP contribution in [0.25, 0.3) is 0 Å². The first-order valence-corrected chi connectivity index (χ1v) is 11.3. The minimum atomic E-state index is -0.717. The molecule has 3 aromatic rings. The molecule has 3 rings (SSSR count). The number of likely N-dealkylation sites (N-methyl/N-ethyl adjacent to an activating group) is 1. The number of carbonyl (C=O) groups excluding carboxylic acids is 1. The number of aliphatic hydroxyl groups is 1. The maximum Gasteiger partial charge on any atom is 0.224 e. The first-order chi connectivity index (χ1) is 15.5. The number of nitrogens with zero attached hydrogens (tertiary/aromatic N) is 2. The van der Waals surface area contributed by atoms with Gasteiger partial charge in [0.25, 0.3) is 0 Å². The van der Waals surface area contributed by atoms with Crippen LogP contribution in [-0.2, 0) is 17.9 Å². The van der Waals surface area contributed by atoms with E-state index in [-0.39, 0.29) is 18.0 Å². The molecule has 0 heterocycles. The Morgan fingerprint density at radius 3 is 1.69 bits per heavy atom. The predicted molar refractivity (Wildman–Crippen MR) is 130 cm³/mol. The normalized spacial score (nSPS) is 14.0. The molecule has 1 N–H and O–H groups in total. The monoisotopic (exact) mass is 430 g/mol. The van der Waals surface area contributed by atoms with E-state index in [9.17, 15) is 9.90 Å². The number of rotatable bonds is 10. The van der Waals surface area contributed by atoms with Crippen LogP contribution in [0.5, 0.6) is 0 Å². The van der Waals surface area contributed by atoms with Gasteiger partial charge in [-0.1, -0.05) is 91.0 Å². The van der Waals surface area contributed by atoms with Crippen molar-refractivity contribution in [1.82, 2.24) is 9.80 Å². The molecule has 0 fully saturated rings. The largest absolute Gasteiger partial charge is 0.386 e. The number of benzene rings is 3. The molecule has 4 nitrogen and oxygen atoms in total. The van der Waals surface area contributed by atoms with Crippen LogP contribution in [0, 0.1) is 0 Å². The number of hydrogen-bond acceptors (Lipinski definition) is 3. The minimum Gasteiger partial charge on any atom is -0.386 e. The van der Waals surface area contributed by atoms with Gasteiger partial charge in [-0.15, -0.1) is 0 Å². The molecule has 1 amide bonds. The molecule has 0 radical (unpaired) electrons. The van der Waals surface area contributed by atoms with Gasteiger partial charge in [0.2, 0.25) is 5.91 Å². The molecule has 4 heteroatoms. The Bertz CT molecular complexity index is 905. The van der Waals surface area contributed by atoms with Gasteiger partial charge < -0.3 is 10.0 Å². The maximum atomic E-state index is 13.1. The summed E-state index contributed by atoms with van der Waals surface area (Å²) >= 11 is 0. The number of aliphatic hydroxyl groups excluding tert-OH is 1. The molecular weight excluding hydrogens is 396 g/mol. The van der Waals surface area contributed by atoms with Gasteiger partial charge in [-0.25, -0.2) is 0 Å². The lowest BCUT2D eigenvalue weighted by atomic mass is 10.0. The highest BCUT2D eigenvalue weighted by molar-refractivity contribution is 5.76. The molecule has 0 aliphatic carbocycles. The molecule has 1 unspecified atom stereocenters. The van der Waals surface area contributed by atoms with Gasteiger partial charge in [0, 0.05) is 32.6 Å². The molecule has 0 aromatic heterocycles. The molecule has 0 aliphatic heterocycles. The van der Waals surface area contributed by atoms with Gasteiger partial charge in [0.1, 0.15) is 0 Å². The van der Waals surface area contributed by atoms with E-state index in [0.29, 0.717) is 6.42 Å². The summed E-state index contributed by atoms with van der Waals surface area (Å²) in [7, 11) is 1.78. The first-order valence-electron chi connectivity index (χ1n) is 11.3. The zero-order chi connectivity index (χ0) is 22.9. The zero-order valence-electron chi connectivity index (χ0n) is 19.3. The highest BCUT2D eigenvalue weighted by Crippen LogP contribution is 2.22. The fourth-order valence-corrected chi connectivity index (χ4v) is 3.90. The predicted octanol–water partition coefficient (Wildman–Crippen LogP) is 5.05. The third-order valence-corrected chi connectivity index (χ3v) is 6.15. The van der Waals surface area contributed by atoms with Crippen molar-refractivity contribution in [2.24, 2.45) is 0 Å². The molecule has 168 valence electrons. The maximum absolute atomic E-state index is 13.1. The number of hydrogen-bond donors (Lipinski definition) is 1.